The van der Waals surface area contributed by atoms with Gasteiger partial charge in [0.2, 0.25) is 0 Å². The minimum absolute atomic E-state index is 0.149. The maximum Gasteiger partial charge on any atom is 0.345 e. The first-order valence-electron chi connectivity index (χ1n) is 3.60. The molecule has 1 aromatic heterocycles. The fourth-order valence-corrected chi connectivity index (χ4v) is 0.805. The van der Waals surface area contributed by atoms with E-state index in [9.17, 15) is 4.79 Å². The summed E-state index contributed by atoms with van der Waals surface area (Å²) in [5.41, 5.74) is 5.97. The Bertz CT molecular complexity index is 335. The van der Waals surface area contributed by atoms with Crippen molar-refractivity contribution in [1.29, 1.82) is 0 Å². The summed E-state index contributed by atoms with van der Waals surface area (Å²) in [5.74, 6) is 0. The van der Waals surface area contributed by atoms with Gasteiger partial charge in [0.05, 0.1) is 6.54 Å². The molecule has 1 aromatic rings. The Labute approximate surface area is 70.1 Å². The maximum atomic E-state index is 11.2. The summed E-state index contributed by atoms with van der Waals surface area (Å²) in [5, 5.41) is 3.85. The van der Waals surface area contributed by atoms with E-state index in [2.05, 4.69) is 11.7 Å². The molecule has 0 radical (unpaired) electrons. The molecule has 0 atom stereocenters. The number of nitrogens with zero attached hydrogens (tertiary/aromatic N) is 3. The normalized spacial score (nSPS) is 10.2. The second-order valence-corrected chi connectivity index (χ2v) is 2.64. The lowest BCUT2D eigenvalue weighted by Gasteiger charge is -1.99. The van der Waals surface area contributed by atoms with E-state index in [1.54, 1.807) is 7.05 Å². The van der Waals surface area contributed by atoms with Gasteiger partial charge in [-0.15, -0.1) is 0 Å². The SMILES string of the molecule is C=C(CN)Cn1ncn(C)c1=O. The average molecular weight is 168 g/mol. The molecule has 0 aliphatic heterocycles. The van der Waals surface area contributed by atoms with Crippen LogP contribution in [0.3, 0.4) is 0 Å². The third-order valence-electron chi connectivity index (χ3n) is 1.55. The van der Waals surface area contributed by atoms with Gasteiger partial charge in [0.25, 0.3) is 0 Å². The van der Waals surface area contributed by atoms with Crippen LogP contribution in [0.1, 0.15) is 0 Å². The second-order valence-electron chi connectivity index (χ2n) is 2.64. The number of aromatic nitrogens is 3. The molecule has 0 bridgehead atoms. The molecule has 1 heterocycles. The predicted molar refractivity (Wildman–Crippen MR) is 45.7 cm³/mol. The van der Waals surface area contributed by atoms with Crippen LogP contribution < -0.4 is 11.4 Å². The molecule has 0 spiro atoms. The average Bonchev–Trinajstić information content (AvgIpc) is 2.36. The van der Waals surface area contributed by atoms with Crippen LogP contribution in [0.4, 0.5) is 0 Å². The Hall–Kier alpha value is -1.36. The summed E-state index contributed by atoms with van der Waals surface area (Å²) in [6.45, 7) is 4.46. The minimum atomic E-state index is -0.149. The quantitative estimate of drug-likeness (QED) is 0.594. The van der Waals surface area contributed by atoms with Gasteiger partial charge in [-0.1, -0.05) is 6.58 Å². The van der Waals surface area contributed by atoms with E-state index in [4.69, 9.17) is 5.73 Å². The van der Waals surface area contributed by atoms with Crippen molar-refractivity contribution in [3.8, 4) is 0 Å². The Balaban J connectivity index is 2.83. The molecule has 2 N–H and O–H groups in total. The van der Waals surface area contributed by atoms with Crippen LogP contribution in [0.15, 0.2) is 23.3 Å². The zero-order chi connectivity index (χ0) is 9.14. The number of aryl methyl sites for hydroxylation is 1. The van der Waals surface area contributed by atoms with E-state index in [-0.39, 0.29) is 5.69 Å². The highest BCUT2D eigenvalue weighted by Crippen LogP contribution is 1.88. The Morgan fingerprint density at radius 2 is 2.50 bits per heavy atom. The van der Waals surface area contributed by atoms with Crippen molar-refractivity contribution in [3.63, 3.8) is 0 Å². The van der Waals surface area contributed by atoms with E-state index in [0.29, 0.717) is 13.1 Å². The highest BCUT2D eigenvalue weighted by atomic mass is 16.2. The lowest BCUT2D eigenvalue weighted by atomic mass is 10.3. The summed E-state index contributed by atoms with van der Waals surface area (Å²) >= 11 is 0. The summed E-state index contributed by atoms with van der Waals surface area (Å²) in [4.78, 5) is 11.2. The smallest absolute Gasteiger partial charge is 0.327 e. The predicted octanol–water partition coefficient (Wildman–Crippen LogP) is -0.903. The lowest BCUT2D eigenvalue weighted by molar-refractivity contribution is 0.633. The van der Waals surface area contributed by atoms with E-state index in [1.807, 2.05) is 0 Å². The lowest BCUT2D eigenvalue weighted by Crippen LogP contribution is -2.24. The van der Waals surface area contributed by atoms with Crippen molar-refractivity contribution >= 4 is 0 Å². The van der Waals surface area contributed by atoms with Crippen molar-refractivity contribution in [2.45, 2.75) is 6.54 Å². The number of rotatable bonds is 3. The van der Waals surface area contributed by atoms with Gasteiger partial charge in [-0.05, 0) is 5.57 Å². The highest BCUT2D eigenvalue weighted by Gasteiger charge is 2.01. The second kappa shape index (κ2) is 3.36. The van der Waals surface area contributed by atoms with Gasteiger partial charge in [0.1, 0.15) is 6.33 Å². The van der Waals surface area contributed by atoms with Gasteiger partial charge in [-0.3, -0.25) is 4.57 Å². The van der Waals surface area contributed by atoms with Crippen LogP contribution in [0, 0.1) is 0 Å². The van der Waals surface area contributed by atoms with Gasteiger partial charge in [-0.25, -0.2) is 9.48 Å². The van der Waals surface area contributed by atoms with Gasteiger partial charge in [0, 0.05) is 13.6 Å². The van der Waals surface area contributed by atoms with Crippen molar-refractivity contribution in [1.82, 2.24) is 14.3 Å². The fraction of sp³-hybridized carbons (Fsp3) is 0.429. The molecule has 0 saturated heterocycles. The van der Waals surface area contributed by atoms with Crippen LogP contribution in [0.2, 0.25) is 0 Å². The molecule has 0 aliphatic carbocycles. The molecule has 0 saturated carbocycles. The topological polar surface area (TPSA) is 65.8 Å². The van der Waals surface area contributed by atoms with Crippen LogP contribution in [-0.2, 0) is 13.6 Å². The first-order chi connectivity index (χ1) is 5.65. The number of nitrogens with two attached hydrogens (primary N) is 1. The molecule has 0 amide bonds. The fourth-order valence-electron chi connectivity index (χ4n) is 0.805. The van der Waals surface area contributed by atoms with Crippen molar-refractivity contribution < 1.29 is 0 Å². The van der Waals surface area contributed by atoms with E-state index < -0.39 is 0 Å². The molecular weight excluding hydrogens is 156 g/mol. The minimum Gasteiger partial charge on any atom is -0.327 e. The molecule has 0 aromatic carbocycles. The Kier molecular flexibility index (Phi) is 2.44. The van der Waals surface area contributed by atoms with Crippen LogP contribution in [0.25, 0.3) is 0 Å². The molecule has 0 fully saturated rings. The summed E-state index contributed by atoms with van der Waals surface area (Å²) < 4.78 is 2.74. The third-order valence-corrected chi connectivity index (χ3v) is 1.55. The van der Waals surface area contributed by atoms with E-state index in [0.717, 1.165) is 5.57 Å². The van der Waals surface area contributed by atoms with Crippen molar-refractivity contribution in [3.05, 3.63) is 29.0 Å². The maximum absolute atomic E-state index is 11.2. The molecular formula is C7H12N4O. The summed E-state index contributed by atoms with van der Waals surface area (Å²) in [6, 6.07) is 0. The van der Waals surface area contributed by atoms with Gasteiger partial charge in [0.15, 0.2) is 0 Å². The van der Waals surface area contributed by atoms with E-state index in [1.165, 1.54) is 15.6 Å². The highest BCUT2D eigenvalue weighted by molar-refractivity contribution is 4.95. The summed E-state index contributed by atoms with van der Waals surface area (Å²) in [6.07, 6.45) is 1.46. The Morgan fingerprint density at radius 3 is 2.92 bits per heavy atom. The first-order valence-corrected chi connectivity index (χ1v) is 3.60. The van der Waals surface area contributed by atoms with Crippen molar-refractivity contribution in [2.75, 3.05) is 6.54 Å². The number of hydrogen-bond donors (Lipinski definition) is 1. The van der Waals surface area contributed by atoms with Gasteiger partial charge < -0.3 is 5.73 Å². The zero-order valence-electron chi connectivity index (χ0n) is 7.03. The standard InChI is InChI=1S/C7H12N4O/c1-6(3-8)4-11-7(12)10(2)5-9-11/h5H,1,3-4,8H2,2H3. The third kappa shape index (κ3) is 1.62. The molecule has 12 heavy (non-hydrogen) atoms. The van der Waals surface area contributed by atoms with Crippen LogP contribution in [-0.4, -0.2) is 20.9 Å². The van der Waals surface area contributed by atoms with Crippen molar-refractivity contribution in [2.24, 2.45) is 12.8 Å². The van der Waals surface area contributed by atoms with Crippen LogP contribution in [0.5, 0.6) is 0 Å². The van der Waals surface area contributed by atoms with Gasteiger partial charge >= 0.3 is 5.69 Å². The number of hydrogen-bond acceptors (Lipinski definition) is 3. The molecule has 66 valence electrons. The molecule has 0 unspecified atom stereocenters. The monoisotopic (exact) mass is 168 g/mol. The zero-order valence-corrected chi connectivity index (χ0v) is 7.03. The molecule has 5 nitrogen and oxygen atoms in total. The Morgan fingerprint density at radius 1 is 1.83 bits per heavy atom. The summed E-state index contributed by atoms with van der Waals surface area (Å²) in [7, 11) is 1.65. The largest absolute Gasteiger partial charge is 0.345 e. The molecule has 1 rings (SSSR count). The van der Waals surface area contributed by atoms with Crippen LogP contribution >= 0.6 is 0 Å². The van der Waals surface area contributed by atoms with Gasteiger partial charge in [-0.2, -0.15) is 5.10 Å². The van der Waals surface area contributed by atoms with E-state index >= 15 is 0 Å². The molecule has 5 heteroatoms. The first kappa shape index (κ1) is 8.73. The molecule has 0 aliphatic rings.